The molecular weight excluding hydrogens is 1100 g/mol. The van der Waals surface area contributed by atoms with Gasteiger partial charge in [-0.1, -0.05) is 97.1 Å². The first kappa shape index (κ1) is 45.9. The van der Waals surface area contributed by atoms with Gasteiger partial charge in [0.1, 0.15) is 23.0 Å². The molecule has 0 spiro atoms. The zero-order valence-corrected chi connectivity index (χ0v) is 40.6. The Morgan fingerprint density at radius 2 is 0.439 bits per heavy atom. The molecule has 0 aliphatic carbocycles. The fourth-order valence-electron chi connectivity index (χ4n) is 6.82. The van der Waals surface area contributed by atoms with Crippen molar-refractivity contribution >= 4 is 98.7 Å². The molecule has 12 heteroatoms. The lowest BCUT2D eigenvalue weighted by molar-refractivity contribution is 0.0724. The zero-order chi connectivity index (χ0) is 46.2. The minimum absolute atomic E-state index is 0.321. The third-order valence-corrected chi connectivity index (χ3v) is 12.8. The van der Waals surface area contributed by atoms with E-state index in [0.29, 0.717) is 63.1 Å². The van der Waals surface area contributed by atoms with E-state index in [1.165, 1.54) is 0 Å². The Bertz CT molecular complexity index is 2710. The summed E-state index contributed by atoms with van der Waals surface area (Å²) in [5, 5.41) is 0. The molecule has 0 bridgehead atoms. The summed E-state index contributed by atoms with van der Waals surface area (Å²) in [6.07, 6.45) is 0. The van der Waals surface area contributed by atoms with Crippen LogP contribution in [0.5, 0.6) is 23.0 Å². The number of halogens is 4. The van der Waals surface area contributed by atoms with Crippen LogP contribution in [0.1, 0.15) is 63.7 Å². The van der Waals surface area contributed by atoms with Crippen molar-refractivity contribution in [2.24, 2.45) is 0 Å². The highest BCUT2D eigenvalue weighted by Gasteiger charge is 2.21. The lowest BCUT2D eigenvalue weighted by Crippen LogP contribution is -2.09. The Morgan fingerprint density at radius 3 is 0.621 bits per heavy atom. The summed E-state index contributed by atoms with van der Waals surface area (Å²) in [5.41, 5.74) is 5.91. The number of esters is 4. The van der Waals surface area contributed by atoms with E-state index in [2.05, 4.69) is 63.7 Å². The highest BCUT2D eigenvalue weighted by molar-refractivity contribution is 9.11. The smallest absolute Gasteiger partial charge is 0.344 e. The Hall–Kier alpha value is -6.70. The first-order valence-corrected chi connectivity index (χ1v) is 23.2. The Labute approximate surface area is 413 Å². The normalized spacial score (nSPS) is 10.7. The van der Waals surface area contributed by atoms with Crippen molar-refractivity contribution in [3.63, 3.8) is 0 Å². The van der Waals surface area contributed by atoms with E-state index in [-0.39, 0.29) is 0 Å². The summed E-state index contributed by atoms with van der Waals surface area (Å²) in [4.78, 5) is 52.7. The molecule has 0 N–H and O–H groups in total. The van der Waals surface area contributed by atoms with Crippen molar-refractivity contribution in [1.82, 2.24) is 0 Å². The van der Waals surface area contributed by atoms with Crippen LogP contribution >= 0.6 is 63.7 Å². The van der Waals surface area contributed by atoms with Gasteiger partial charge in [0.2, 0.25) is 0 Å². The van der Waals surface area contributed by atoms with Crippen LogP contribution in [0.25, 0.3) is 11.1 Å². The van der Waals surface area contributed by atoms with Crippen molar-refractivity contribution in [3.8, 4) is 23.0 Å². The zero-order valence-electron chi connectivity index (χ0n) is 34.3. The number of hydrogen-bond acceptors (Lipinski definition) is 8. The van der Waals surface area contributed by atoms with Gasteiger partial charge < -0.3 is 18.9 Å². The second kappa shape index (κ2) is 21.1. The Kier molecular flexibility index (Phi) is 14.6. The molecule has 0 unspecified atom stereocenters. The van der Waals surface area contributed by atoms with Gasteiger partial charge in [0.25, 0.3) is 0 Å². The molecule has 8 aromatic carbocycles. The Morgan fingerprint density at radius 1 is 0.258 bits per heavy atom. The molecule has 8 aromatic rings. The molecule has 0 fully saturated rings. The molecule has 0 atom stereocenters. The van der Waals surface area contributed by atoms with Gasteiger partial charge in [0, 0.05) is 17.9 Å². The average Bonchev–Trinajstić information content (AvgIpc) is 3.32. The Balaban J connectivity index is 1.22. The maximum atomic E-state index is 13.2. The third-order valence-electron chi connectivity index (χ3n) is 10.0. The van der Waals surface area contributed by atoms with Gasteiger partial charge in [-0.15, -0.1) is 0 Å². The largest absolute Gasteiger partial charge is 0.423 e. The van der Waals surface area contributed by atoms with Crippen molar-refractivity contribution in [3.05, 3.63) is 257 Å². The molecule has 0 aromatic heterocycles. The van der Waals surface area contributed by atoms with Crippen molar-refractivity contribution in [2.45, 2.75) is 0 Å². The fourth-order valence-corrected chi connectivity index (χ4v) is 8.61. The predicted molar refractivity (Wildman–Crippen MR) is 267 cm³/mol. The number of benzene rings is 8. The van der Waals surface area contributed by atoms with E-state index in [4.69, 9.17) is 18.9 Å². The predicted octanol–water partition coefficient (Wildman–Crippen LogP) is 14.6. The first-order valence-electron chi connectivity index (χ1n) is 20.1. The van der Waals surface area contributed by atoms with Crippen LogP contribution in [0.2, 0.25) is 0 Å². The van der Waals surface area contributed by atoms with Gasteiger partial charge in [-0.3, -0.25) is 0 Å². The lowest BCUT2D eigenvalue weighted by Gasteiger charge is -2.19. The molecular formula is C54H32Br4O8. The number of hydrogen-bond donors (Lipinski definition) is 0. The van der Waals surface area contributed by atoms with Crippen LogP contribution in [0, 0.1) is 0 Å². The molecule has 8 rings (SSSR count). The summed E-state index contributed by atoms with van der Waals surface area (Å²) >= 11 is 13.7. The standard InChI is InChI=1S/C54H32Br4O8/c55-45-13-5-1-9-41(45)51(59)63-37-25-17-33(18-26-37)49(34-19-27-38(28-20-34)64-52(60)42-10-2-6-14-46(42)56)50(35-21-29-39(30-22-35)65-53(61)43-11-3-7-15-47(43)57)36-23-31-40(32-24-36)66-54(62)44-12-4-8-16-48(44)58/h1-32H. The molecule has 324 valence electrons. The van der Waals surface area contributed by atoms with E-state index >= 15 is 0 Å². The molecule has 0 saturated heterocycles. The van der Waals surface area contributed by atoms with Gasteiger partial charge in [0.05, 0.1) is 22.3 Å². The monoisotopic (exact) mass is 1120 g/mol. The average molecular weight is 1130 g/mol. The summed E-state index contributed by atoms with van der Waals surface area (Å²) in [5.74, 6) is -0.825. The molecule has 8 nitrogen and oxygen atoms in total. The second-order valence-electron chi connectivity index (χ2n) is 14.3. The minimum atomic E-state index is -0.528. The molecule has 0 aliphatic heterocycles. The fraction of sp³-hybridized carbons (Fsp3) is 0. The highest BCUT2D eigenvalue weighted by atomic mass is 79.9. The number of carbonyl (C=O) groups is 4. The first-order chi connectivity index (χ1) is 32.0. The molecule has 0 aliphatic rings. The number of carbonyl (C=O) groups excluding carboxylic acids is 4. The molecule has 0 heterocycles. The summed E-state index contributed by atoms with van der Waals surface area (Å²) in [7, 11) is 0. The van der Waals surface area contributed by atoms with E-state index in [0.717, 1.165) is 33.4 Å². The minimum Gasteiger partial charge on any atom is -0.423 e. The van der Waals surface area contributed by atoms with Gasteiger partial charge in [-0.2, -0.15) is 0 Å². The van der Waals surface area contributed by atoms with E-state index in [9.17, 15) is 19.2 Å². The van der Waals surface area contributed by atoms with E-state index in [1.807, 2.05) is 72.8 Å². The second-order valence-corrected chi connectivity index (χ2v) is 17.7. The summed E-state index contributed by atoms with van der Waals surface area (Å²) in [6, 6.07) is 56.5. The van der Waals surface area contributed by atoms with Crippen LogP contribution in [0.4, 0.5) is 0 Å². The summed E-state index contributed by atoms with van der Waals surface area (Å²) < 4.78 is 25.6. The molecule has 0 radical (unpaired) electrons. The van der Waals surface area contributed by atoms with E-state index in [1.54, 1.807) is 121 Å². The van der Waals surface area contributed by atoms with Crippen molar-refractivity contribution in [2.75, 3.05) is 0 Å². The maximum absolute atomic E-state index is 13.2. The van der Waals surface area contributed by atoms with Crippen LogP contribution in [0.3, 0.4) is 0 Å². The topological polar surface area (TPSA) is 105 Å². The van der Waals surface area contributed by atoms with Crippen molar-refractivity contribution < 1.29 is 38.1 Å². The van der Waals surface area contributed by atoms with E-state index < -0.39 is 23.9 Å². The van der Waals surface area contributed by atoms with Gasteiger partial charge in [0.15, 0.2) is 0 Å². The third kappa shape index (κ3) is 10.9. The van der Waals surface area contributed by atoms with Gasteiger partial charge in [-0.05, 0) is 194 Å². The quantitative estimate of drug-likeness (QED) is 0.0677. The number of ether oxygens (including phenoxy) is 4. The highest BCUT2D eigenvalue weighted by Crippen LogP contribution is 2.39. The maximum Gasteiger partial charge on any atom is 0.344 e. The number of rotatable bonds is 12. The van der Waals surface area contributed by atoms with Gasteiger partial charge >= 0.3 is 23.9 Å². The molecule has 0 amide bonds. The van der Waals surface area contributed by atoms with Crippen LogP contribution in [-0.4, -0.2) is 23.9 Å². The van der Waals surface area contributed by atoms with Crippen LogP contribution in [0.15, 0.2) is 212 Å². The van der Waals surface area contributed by atoms with Gasteiger partial charge in [-0.25, -0.2) is 19.2 Å². The van der Waals surface area contributed by atoms with Crippen LogP contribution in [-0.2, 0) is 0 Å². The van der Waals surface area contributed by atoms with Crippen molar-refractivity contribution in [1.29, 1.82) is 0 Å². The summed E-state index contributed by atoms with van der Waals surface area (Å²) in [6.45, 7) is 0. The molecule has 0 saturated carbocycles. The molecule has 66 heavy (non-hydrogen) atoms. The lowest BCUT2D eigenvalue weighted by atomic mass is 9.85. The van der Waals surface area contributed by atoms with Crippen LogP contribution < -0.4 is 18.9 Å². The SMILES string of the molecule is O=C(Oc1ccc(C(=C(c2ccc(OC(=O)c3ccccc3Br)cc2)c2ccc(OC(=O)c3ccccc3Br)cc2)c2ccc(OC(=O)c3ccccc3Br)cc2)cc1)c1ccccc1Br.